The summed E-state index contributed by atoms with van der Waals surface area (Å²) < 4.78 is 0. The van der Waals surface area contributed by atoms with Crippen LogP contribution in [0.25, 0.3) is 0 Å². The summed E-state index contributed by atoms with van der Waals surface area (Å²) in [6.07, 6.45) is 1.62. The minimum absolute atomic E-state index is 0.115. The van der Waals surface area contributed by atoms with Gasteiger partial charge in [-0.1, -0.05) is 43.8 Å². The molecular weight excluding hydrogens is 214 g/mol. The first-order valence-electron chi connectivity index (χ1n) is 5.68. The van der Waals surface area contributed by atoms with Gasteiger partial charge in [0.2, 0.25) is 5.91 Å². The van der Waals surface area contributed by atoms with Crippen LogP contribution in [-0.2, 0) is 9.59 Å². The lowest BCUT2D eigenvalue weighted by Gasteiger charge is -2.24. The highest BCUT2D eigenvalue weighted by molar-refractivity contribution is 6.02. The third-order valence-corrected chi connectivity index (χ3v) is 3.14. The van der Waals surface area contributed by atoms with Crippen molar-refractivity contribution in [2.45, 2.75) is 19.4 Å². The predicted molar refractivity (Wildman–Crippen MR) is 65.0 cm³/mol. The average Bonchev–Trinajstić information content (AvgIpc) is 2.64. The van der Waals surface area contributed by atoms with Gasteiger partial charge < -0.3 is 0 Å². The van der Waals surface area contributed by atoms with Crippen molar-refractivity contribution < 1.29 is 9.59 Å². The molecule has 1 heterocycles. The van der Waals surface area contributed by atoms with Crippen LogP contribution < -0.4 is 0 Å². The Morgan fingerprint density at radius 3 is 2.65 bits per heavy atom. The van der Waals surface area contributed by atoms with Crippen LogP contribution in [0.15, 0.2) is 43.0 Å². The first kappa shape index (κ1) is 11.6. The highest BCUT2D eigenvalue weighted by Crippen LogP contribution is 2.37. The van der Waals surface area contributed by atoms with Gasteiger partial charge in [-0.15, -0.1) is 0 Å². The van der Waals surface area contributed by atoms with Crippen LogP contribution in [0.5, 0.6) is 0 Å². The maximum atomic E-state index is 11.8. The normalized spacial score (nSPS) is 23.8. The molecule has 0 bridgehead atoms. The summed E-state index contributed by atoms with van der Waals surface area (Å²) in [4.78, 5) is 24.9. The third-order valence-electron chi connectivity index (χ3n) is 3.14. The number of rotatable bonds is 2. The summed E-state index contributed by atoms with van der Waals surface area (Å²) in [5.41, 5.74) is 1.00. The Hall–Kier alpha value is -1.90. The minimum atomic E-state index is -0.312. The average molecular weight is 229 g/mol. The zero-order valence-electron chi connectivity index (χ0n) is 9.80. The molecule has 0 saturated carbocycles. The van der Waals surface area contributed by atoms with Crippen molar-refractivity contribution in [2.24, 2.45) is 5.92 Å². The second kappa shape index (κ2) is 4.53. The van der Waals surface area contributed by atoms with Gasteiger partial charge in [0.05, 0.1) is 6.04 Å². The van der Waals surface area contributed by atoms with Crippen LogP contribution >= 0.6 is 0 Å². The van der Waals surface area contributed by atoms with E-state index in [1.807, 2.05) is 37.3 Å². The summed E-state index contributed by atoms with van der Waals surface area (Å²) in [6, 6.07) is 9.49. The second-order valence-corrected chi connectivity index (χ2v) is 4.34. The Bertz CT molecular complexity index is 453. The number of benzene rings is 1. The van der Waals surface area contributed by atoms with Crippen molar-refractivity contribution in [3.8, 4) is 0 Å². The molecule has 2 rings (SSSR count). The van der Waals surface area contributed by atoms with Crippen LogP contribution in [0.3, 0.4) is 0 Å². The number of hydrogen-bond donors (Lipinski definition) is 0. The molecule has 2 amide bonds. The van der Waals surface area contributed by atoms with Crippen molar-refractivity contribution in [2.75, 3.05) is 0 Å². The van der Waals surface area contributed by atoms with E-state index in [1.165, 1.54) is 11.0 Å². The van der Waals surface area contributed by atoms with Crippen molar-refractivity contribution in [1.82, 2.24) is 4.90 Å². The molecule has 88 valence electrons. The molecular formula is C14H15NO2. The highest BCUT2D eigenvalue weighted by Gasteiger charge is 2.40. The Balaban J connectivity index is 2.39. The van der Waals surface area contributed by atoms with E-state index in [1.54, 1.807) is 0 Å². The maximum Gasteiger partial charge on any atom is 0.253 e. The number of carbonyl (C=O) groups excluding carboxylic acids is 2. The van der Waals surface area contributed by atoms with Crippen LogP contribution in [0.2, 0.25) is 0 Å². The topological polar surface area (TPSA) is 37.4 Å². The van der Waals surface area contributed by atoms with E-state index in [-0.39, 0.29) is 23.8 Å². The fraction of sp³-hybridized carbons (Fsp3) is 0.286. The van der Waals surface area contributed by atoms with Gasteiger partial charge in [0.25, 0.3) is 5.91 Å². The van der Waals surface area contributed by atoms with Gasteiger partial charge in [0.15, 0.2) is 0 Å². The molecule has 1 aromatic carbocycles. The van der Waals surface area contributed by atoms with E-state index < -0.39 is 0 Å². The van der Waals surface area contributed by atoms with Crippen LogP contribution in [0, 0.1) is 5.92 Å². The van der Waals surface area contributed by atoms with Crippen molar-refractivity contribution >= 4 is 11.8 Å². The molecule has 3 nitrogen and oxygen atoms in total. The second-order valence-electron chi connectivity index (χ2n) is 4.34. The molecule has 0 N–H and O–H groups in total. The lowest BCUT2D eigenvalue weighted by Crippen LogP contribution is -2.33. The molecule has 0 spiro atoms. The van der Waals surface area contributed by atoms with Gasteiger partial charge in [0, 0.05) is 6.42 Å². The third kappa shape index (κ3) is 2.00. The molecule has 2 atom stereocenters. The van der Waals surface area contributed by atoms with Gasteiger partial charge in [-0.25, -0.2) is 0 Å². The Kier molecular flexibility index (Phi) is 3.09. The van der Waals surface area contributed by atoms with E-state index in [4.69, 9.17) is 0 Å². The lowest BCUT2D eigenvalue weighted by atomic mass is 9.95. The molecule has 1 aliphatic heterocycles. The van der Waals surface area contributed by atoms with Crippen molar-refractivity contribution in [3.63, 3.8) is 0 Å². The number of imide groups is 1. The predicted octanol–water partition coefficient (Wildman–Crippen LogP) is 2.31. The van der Waals surface area contributed by atoms with E-state index in [0.29, 0.717) is 6.42 Å². The van der Waals surface area contributed by atoms with E-state index in [9.17, 15) is 9.59 Å². The summed E-state index contributed by atoms with van der Waals surface area (Å²) in [5.74, 6) is -0.279. The molecule has 0 radical (unpaired) electrons. The van der Waals surface area contributed by atoms with Crippen molar-refractivity contribution in [1.29, 1.82) is 0 Å². The van der Waals surface area contributed by atoms with Gasteiger partial charge in [-0.05, 0) is 17.6 Å². The molecule has 1 aromatic rings. The minimum Gasteiger partial charge on any atom is -0.274 e. The Labute approximate surface area is 101 Å². The molecule has 1 fully saturated rings. The number of hydrogen-bond acceptors (Lipinski definition) is 2. The number of amides is 2. The lowest BCUT2D eigenvalue weighted by molar-refractivity contribution is -0.140. The highest BCUT2D eigenvalue weighted by atomic mass is 16.2. The fourth-order valence-corrected chi connectivity index (χ4v) is 2.38. The van der Waals surface area contributed by atoms with Gasteiger partial charge in [0.1, 0.15) is 0 Å². The summed E-state index contributed by atoms with van der Waals surface area (Å²) in [6.45, 7) is 5.44. The largest absolute Gasteiger partial charge is 0.274 e. The molecule has 1 aliphatic rings. The van der Waals surface area contributed by atoms with Crippen LogP contribution in [0.4, 0.5) is 0 Å². The zero-order valence-corrected chi connectivity index (χ0v) is 9.80. The first-order valence-corrected chi connectivity index (χ1v) is 5.68. The van der Waals surface area contributed by atoms with Gasteiger partial charge >= 0.3 is 0 Å². The first-order chi connectivity index (χ1) is 8.15. The van der Waals surface area contributed by atoms with Gasteiger partial charge in [-0.3, -0.25) is 14.5 Å². The Morgan fingerprint density at radius 1 is 1.41 bits per heavy atom. The molecule has 3 heteroatoms. The molecule has 0 aliphatic carbocycles. The van der Waals surface area contributed by atoms with Crippen LogP contribution in [0.1, 0.15) is 24.9 Å². The van der Waals surface area contributed by atoms with Crippen molar-refractivity contribution in [3.05, 3.63) is 48.6 Å². The summed E-state index contributed by atoms with van der Waals surface area (Å²) in [7, 11) is 0. The SMILES string of the molecule is C=CC(=O)N1C(=O)CC(C)C1c1ccccc1. The molecule has 17 heavy (non-hydrogen) atoms. The maximum absolute atomic E-state index is 11.8. The standard InChI is InChI=1S/C14H15NO2/c1-3-12(16)15-13(17)9-10(2)14(15)11-7-5-4-6-8-11/h3-8,10,14H,1,9H2,2H3. The van der Waals surface area contributed by atoms with E-state index in [0.717, 1.165) is 5.56 Å². The monoisotopic (exact) mass is 229 g/mol. The van der Waals surface area contributed by atoms with Gasteiger partial charge in [-0.2, -0.15) is 0 Å². The van der Waals surface area contributed by atoms with E-state index >= 15 is 0 Å². The smallest absolute Gasteiger partial charge is 0.253 e. The number of likely N-dealkylation sites (tertiary alicyclic amines) is 1. The fourth-order valence-electron chi connectivity index (χ4n) is 2.38. The van der Waals surface area contributed by atoms with E-state index in [2.05, 4.69) is 6.58 Å². The number of nitrogens with zero attached hydrogens (tertiary/aromatic N) is 1. The molecule has 0 aromatic heterocycles. The molecule has 2 unspecified atom stereocenters. The quantitative estimate of drug-likeness (QED) is 0.730. The van der Waals surface area contributed by atoms with Crippen LogP contribution in [-0.4, -0.2) is 16.7 Å². The number of carbonyl (C=O) groups is 2. The molecule has 1 saturated heterocycles. The Morgan fingerprint density at radius 2 is 2.06 bits per heavy atom. The summed E-state index contributed by atoms with van der Waals surface area (Å²) in [5, 5.41) is 0. The summed E-state index contributed by atoms with van der Waals surface area (Å²) >= 11 is 0. The zero-order chi connectivity index (χ0) is 12.4.